The number of methoxy groups -OCH3 is 1. The van der Waals surface area contributed by atoms with Crippen LogP contribution in [0.1, 0.15) is 26.3 Å². The molecule has 8 heteroatoms. The number of benzene rings is 2. The summed E-state index contributed by atoms with van der Waals surface area (Å²) in [6.07, 6.45) is 0. The van der Waals surface area contributed by atoms with Gasteiger partial charge in [0.1, 0.15) is 0 Å². The van der Waals surface area contributed by atoms with Gasteiger partial charge in [-0.3, -0.25) is 14.9 Å². The molecule has 1 amide bonds. The first-order valence-electron chi connectivity index (χ1n) is 7.74. The minimum atomic E-state index is -0.540. The molecule has 0 aromatic heterocycles. The molecule has 8 nitrogen and oxygen atoms in total. The van der Waals surface area contributed by atoms with Gasteiger partial charge in [0.05, 0.1) is 23.2 Å². The van der Waals surface area contributed by atoms with E-state index >= 15 is 0 Å². The van der Waals surface area contributed by atoms with Crippen LogP contribution in [0.25, 0.3) is 0 Å². The molecule has 136 valence electrons. The van der Waals surface area contributed by atoms with E-state index in [1.54, 1.807) is 43.3 Å². The van der Waals surface area contributed by atoms with E-state index in [1.165, 1.54) is 25.3 Å². The van der Waals surface area contributed by atoms with Crippen LogP contribution in [0.15, 0.2) is 42.5 Å². The van der Waals surface area contributed by atoms with E-state index in [0.717, 1.165) is 5.56 Å². The number of rotatable bonds is 6. The van der Waals surface area contributed by atoms with Crippen LogP contribution in [-0.2, 0) is 11.3 Å². The Kier molecular flexibility index (Phi) is 5.90. The molecule has 0 saturated heterocycles. The normalized spacial score (nSPS) is 10.1. The fourth-order valence-corrected chi connectivity index (χ4v) is 2.36. The first-order valence-corrected chi connectivity index (χ1v) is 7.74. The van der Waals surface area contributed by atoms with Gasteiger partial charge >= 0.3 is 5.97 Å². The molecule has 0 saturated carbocycles. The SMILES string of the molecule is COC(=O)c1ccc(CNC(=O)c2cc([N+](=O)[O-])ccc2N(C)C)cc1. The predicted octanol–water partition coefficient (Wildman–Crippen LogP) is 2.38. The lowest BCUT2D eigenvalue weighted by atomic mass is 10.1. The number of nitro groups is 1. The zero-order chi connectivity index (χ0) is 19.3. The molecule has 0 aliphatic rings. The number of carbonyl (C=O) groups excluding carboxylic acids is 2. The Balaban J connectivity index is 2.15. The fraction of sp³-hybridized carbons (Fsp3) is 0.222. The van der Waals surface area contributed by atoms with E-state index < -0.39 is 16.8 Å². The van der Waals surface area contributed by atoms with Gasteiger partial charge in [0.15, 0.2) is 0 Å². The highest BCUT2D eigenvalue weighted by Crippen LogP contribution is 2.24. The van der Waals surface area contributed by atoms with Crippen LogP contribution in [0.5, 0.6) is 0 Å². The monoisotopic (exact) mass is 357 g/mol. The molecule has 0 heterocycles. The van der Waals surface area contributed by atoms with Crippen LogP contribution in [0.3, 0.4) is 0 Å². The lowest BCUT2D eigenvalue weighted by molar-refractivity contribution is -0.384. The third-order valence-corrected chi connectivity index (χ3v) is 3.75. The highest BCUT2D eigenvalue weighted by molar-refractivity contribution is 6.00. The number of nitro benzene ring substituents is 1. The maximum Gasteiger partial charge on any atom is 0.337 e. The number of hydrogen-bond donors (Lipinski definition) is 1. The molecule has 2 rings (SSSR count). The number of esters is 1. The number of non-ortho nitro benzene ring substituents is 1. The molecule has 26 heavy (non-hydrogen) atoms. The number of carbonyl (C=O) groups is 2. The number of hydrogen-bond acceptors (Lipinski definition) is 6. The smallest absolute Gasteiger partial charge is 0.337 e. The van der Waals surface area contributed by atoms with E-state index in [2.05, 4.69) is 10.1 Å². The van der Waals surface area contributed by atoms with Gasteiger partial charge in [-0.15, -0.1) is 0 Å². The third-order valence-electron chi connectivity index (χ3n) is 3.75. The van der Waals surface area contributed by atoms with Crippen molar-refractivity contribution in [3.63, 3.8) is 0 Å². The number of nitrogens with one attached hydrogen (secondary N) is 1. The second kappa shape index (κ2) is 8.11. The molecular formula is C18H19N3O5. The van der Waals surface area contributed by atoms with Crippen molar-refractivity contribution in [3.8, 4) is 0 Å². The Bertz CT molecular complexity index is 831. The summed E-state index contributed by atoms with van der Waals surface area (Å²) in [5.74, 6) is -0.859. The van der Waals surface area contributed by atoms with E-state index in [0.29, 0.717) is 11.3 Å². The molecule has 0 unspecified atom stereocenters. The average molecular weight is 357 g/mol. The van der Waals surface area contributed by atoms with E-state index in [9.17, 15) is 19.7 Å². The van der Waals surface area contributed by atoms with Crippen LogP contribution in [0, 0.1) is 10.1 Å². The van der Waals surface area contributed by atoms with E-state index in [-0.39, 0.29) is 17.8 Å². The summed E-state index contributed by atoms with van der Waals surface area (Å²) >= 11 is 0. The number of nitrogens with zero attached hydrogens (tertiary/aromatic N) is 2. The molecular weight excluding hydrogens is 338 g/mol. The molecule has 0 spiro atoms. The molecule has 0 aliphatic heterocycles. The first-order chi connectivity index (χ1) is 12.3. The Hall–Kier alpha value is -3.42. The van der Waals surface area contributed by atoms with Gasteiger partial charge in [-0.25, -0.2) is 4.79 Å². The van der Waals surface area contributed by atoms with Gasteiger partial charge in [-0.1, -0.05) is 12.1 Å². The molecule has 0 fully saturated rings. The van der Waals surface area contributed by atoms with Crippen LogP contribution in [0.2, 0.25) is 0 Å². The zero-order valence-electron chi connectivity index (χ0n) is 14.7. The average Bonchev–Trinajstić information content (AvgIpc) is 2.65. The highest BCUT2D eigenvalue weighted by atomic mass is 16.6. The van der Waals surface area contributed by atoms with Crippen molar-refractivity contribution in [2.75, 3.05) is 26.1 Å². The largest absolute Gasteiger partial charge is 0.465 e. The van der Waals surface area contributed by atoms with Gasteiger partial charge in [-0.05, 0) is 23.8 Å². The molecule has 1 N–H and O–H groups in total. The van der Waals surface area contributed by atoms with E-state index in [4.69, 9.17) is 0 Å². The van der Waals surface area contributed by atoms with Crippen molar-refractivity contribution in [1.82, 2.24) is 5.32 Å². The molecule has 0 atom stereocenters. The van der Waals surface area contributed by atoms with Gasteiger partial charge in [-0.2, -0.15) is 0 Å². The van der Waals surface area contributed by atoms with Crippen molar-refractivity contribution < 1.29 is 19.2 Å². The molecule has 0 bridgehead atoms. The van der Waals surface area contributed by atoms with Crippen molar-refractivity contribution in [3.05, 3.63) is 69.3 Å². The number of amides is 1. The molecule has 2 aromatic carbocycles. The number of anilines is 1. The summed E-state index contributed by atoms with van der Waals surface area (Å²) < 4.78 is 4.63. The lowest BCUT2D eigenvalue weighted by Gasteiger charge is -2.17. The maximum absolute atomic E-state index is 12.5. The Morgan fingerprint density at radius 1 is 1.15 bits per heavy atom. The number of ether oxygens (including phenoxy) is 1. The first kappa shape index (κ1) is 18.9. The molecule has 0 aliphatic carbocycles. The summed E-state index contributed by atoms with van der Waals surface area (Å²) in [5, 5.41) is 13.7. The highest BCUT2D eigenvalue weighted by Gasteiger charge is 2.17. The minimum Gasteiger partial charge on any atom is -0.465 e. The van der Waals surface area contributed by atoms with Crippen molar-refractivity contribution >= 4 is 23.3 Å². The van der Waals surface area contributed by atoms with Crippen LogP contribution < -0.4 is 10.2 Å². The Morgan fingerprint density at radius 2 is 1.81 bits per heavy atom. The van der Waals surface area contributed by atoms with E-state index in [1.807, 2.05) is 0 Å². The topological polar surface area (TPSA) is 102 Å². The van der Waals surface area contributed by atoms with Crippen molar-refractivity contribution in [2.24, 2.45) is 0 Å². The summed E-state index contributed by atoms with van der Waals surface area (Å²) in [7, 11) is 4.81. The lowest BCUT2D eigenvalue weighted by Crippen LogP contribution is -2.25. The Morgan fingerprint density at radius 3 is 2.35 bits per heavy atom. The summed E-state index contributed by atoms with van der Waals surface area (Å²) in [4.78, 5) is 36.1. The third kappa shape index (κ3) is 4.35. The van der Waals surface area contributed by atoms with Crippen LogP contribution >= 0.6 is 0 Å². The van der Waals surface area contributed by atoms with Crippen LogP contribution in [-0.4, -0.2) is 38.0 Å². The second-order valence-electron chi connectivity index (χ2n) is 5.72. The molecule has 2 aromatic rings. The summed E-state index contributed by atoms with van der Waals surface area (Å²) in [5.41, 5.74) is 1.84. The van der Waals surface area contributed by atoms with Crippen molar-refractivity contribution in [2.45, 2.75) is 6.54 Å². The summed E-state index contributed by atoms with van der Waals surface area (Å²) in [6.45, 7) is 0.218. The summed E-state index contributed by atoms with van der Waals surface area (Å²) in [6, 6.07) is 10.8. The van der Waals surface area contributed by atoms with Crippen LogP contribution in [0.4, 0.5) is 11.4 Å². The maximum atomic E-state index is 12.5. The fourth-order valence-electron chi connectivity index (χ4n) is 2.36. The van der Waals surface area contributed by atoms with Gasteiger partial charge in [0.2, 0.25) is 0 Å². The van der Waals surface area contributed by atoms with Gasteiger partial charge in [0.25, 0.3) is 11.6 Å². The van der Waals surface area contributed by atoms with Gasteiger partial charge in [0, 0.05) is 38.5 Å². The predicted molar refractivity (Wildman–Crippen MR) is 96.4 cm³/mol. The Labute approximate surface area is 150 Å². The van der Waals surface area contributed by atoms with Crippen molar-refractivity contribution in [1.29, 1.82) is 0 Å². The standard InChI is InChI=1S/C18H19N3O5/c1-20(2)16-9-8-14(21(24)25)10-15(16)17(22)19-11-12-4-6-13(7-5-12)18(23)26-3/h4-10H,11H2,1-3H3,(H,19,22). The zero-order valence-corrected chi connectivity index (χ0v) is 14.7. The van der Waals surface area contributed by atoms with Gasteiger partial charge < -0.3 is 15.0 Å². The molecule has 0 radical (unpaired) electrons. The quantitative estimate of drug-likeness (QED) is 0.484. The minimum absolute atomic E-state index is 0.150. The second-order valence-corrected chi connectivity index (χ2v) is 5.72.